The van der Waals surface area contributed by atoms with Crippen LogP contribution < -0.4 is 9.64 Å². The van der Waals surface area contributed by atoms with Crippen molar-refractivity contribution in [3.63, 3.8) is 0 Å². The van der Waals surface area contributed by atoms with Gasteiger partial charge in [-0.15, -0.1) is 0 Å². The number of thiazole rings is 1. The van der Waals surface area contributed by atoms with Gasteiger partial charge >= 0.3 is 0 Å². The van der Waals surface area contributed by atoms with Crippen LogP contribution in [-0.2, 0) is 0 Å². The molecule has 1 saturated heterocycles. The van der Waals surface area contributed by atoms with Crippen molar-refractivity contribution in [3.8, 4) is 5.75 Å². The smallest absolute Gasteiger partial charge is 0.255 e. The van der Waals surface area contributed by atoms with Gasteiger partial charge in [-0.3, -0.25) is 9.78 Å². The molecule has 0 aliphatic carbocycles. The third kappa shape index (κ3) is 3.73. The number of ether oxygens (including phenoxy) is 1. The zero-order valence-corrected chi connectivity index (χ0v) is 16.3. The van der Waals surface area contributed by atoms with Crippen LogP contribution in [0, 0.1) is 6.92 Å². The summed E-state index contributed by atoms with van der Waals surface area (Å²) < 4.78 is 6.42. The van der Waals surface area contributed by atoms with Crippen LogP contribution in [0.15, 0.2) is 36.7 Å². The van der Waals surface area contributed by atoms with Crippen molar-refractivity contribution in [2.75, 3.05) is 38.2 Å². The van der Waals surface area contributed by atoms with E-state index in [1.54, 1.807) is 30.8 Å². The first-order valence-electron chi connectivity index (χ1n) is 9.04. The number of fused-ring (bicyclic) bond motifs is 1. The van der Waals surface area contributed by atoms with Crippen LogP contribution in [0.5, 0.6) is 5.75 Å². The molecule has 4 rings (SSSR count). The van der Waals surface area contributed by atoms with Crippen LogP contribution >= 0.6 is 11.3 Å². The second-order valence-electron chi connectivity index (χ2n) is 6.71. The number of amides is 1. The van der Waals surface area contributed by atoms with E-state index in [9.17, 15) is 4.79 Å². The van der Waals surface area contributed by atoms with Crippen LogP contribution in [0.3, 0.4) is 0 Å². The molecule has 1 fully saturated rings. The van der Waals surface area contributed by atoms with Gasteiger partial charge in [0, 0.05) is 38.6 Å². The summed E-state index contributed by atoms with van der Waals surface area (Å²) >= 11 is 1.67. The Morgan fingerprint density at radius 1 is 1.15 bits per heavy atom. The number of pyridine rings is 1. The number of hydrogen-bond acceptors (Lipinski definition) is 6. The zero-order chi connectivity index (χ0) is 18.8. The Hall–Kier alpha value is -2.67. The molecule has 0 atom stereocenters. The highest BCUT2D eigenvalue weighted by molar-refractivity contribution is 7.22. The zero-order valence-electron chi connectivity index (χ0n) is 15.5. The molecule has 3 heterocycles. The van der Waals surface area contributed by atoms with E-state index < -0.39 is 0 Å². The highest BCUT2D eigenvalue weighted by Gasteiger charge is 2.22. The molecule has 2 aromatic heterocycles. The van der Waals surface area contributed by atoms with Crippen LogP contribution in [0.25, 0.3) is 10.2 Å². The lowest BCUT2D eigenvalue weighted by Crippen LogP contribution is -2.35. The van der Waals surface area contributed by atoms with Crippen molar-refractivity contribution >= 4 is 32.6 Å². The molecule has 0 radical (unpaired) electrons. The number of hydrogen-bond donors (Lipinski definition) is 0. The minimum atomic E-state index is 0.0575. The van der Waals surface area contributed by atoms with Gasteiger partial charge in [-0.25, -0.2) is 4.98 Å². The molecule has 0 spiro atoms. The fourth-order valence-corrected chi connectivity index (χ4v) is 4.37. The summed E-state index contributed by atoms with van der Waals surface area (Å²) in [5, 5.41) is 1.00. The van der Waals surface area contributed by atoms with Crippen molar-refractivity contribution < 1.29 is 9.53 Å². The van der Waals surface area contributed by atoms with E-state index >= 15 is 0 Å². The second-order valence-corrected chi connectivity index (χ2v) is 7.72. The van der Waals surface area contributed by atoms with E-state index in [-0.39, 0.29) is 5.91 Å². The molecule has 1 aliphatic heterocycles. The van der Waals surface area contributed by atoms with E-state index in [1.807, 2.05) is 36.1 Å². The largest absolute Gasteiger partial charge is 0.497 e. The summed E-state index contributed by atoms with van der Waals surface area (Å²) in [5.74, 6) is 0.902. The Bertz CT molecular complexity index is 972. The molecule has 0 saturated carbocycles. The number of methoxy groups -OCH3 is 1. The Labute approximate surface area is 162 Å². The Balaban J connectivity index is 1.49. The number of carbonyl (C=O) groups is 1. The van der Waals surface area contributed by atoms with Crippen molar-refractivity contribution in [1.29, 1.82) is 0 Å². The van der Waals surface area contributed by atoms with Crippen LogP contribution in [0.2, 0.25) is 0 Å². The molecule has 1 amide bonds. The molecule has 140 valence electrons. The van der Waals surface area contributed by atoms with Crippen molar-refractivity contribution in [3.05, 3.63) is 47.8 Å². The predicted octanol–water partition coefficient (Wildman–Crippen LogP) is 3.36. The number of benzene rings is 1. The average Bonchev–Trinajstić information content (AvgIpc) is 2.95. The fraction of sp³-hybridized carbons (Fsp3) is 0.350. The number of anilines is 1. The Morgan fingerprint density at radius 2 is 2.04 bits per heavy atom. The lowest BCUT2D eigenvalue weighted by molar-refractivity contribution is 0.0766. The van der Waals surface area contributed by atoms with E-state index in [4.69, 9.17) is 9.72 Å². The first-order valence-corrected chi connectivity index (χ1v) is 9.86. The maximum absolute atomic E-state index is 12.8. The average molecular weight is 382 g/mol. The summed E-state index contributed by atoms with van der Waals surface area (Å²) in [6.07, 6.45) is 4.34. The topological polar surface area (TPSA) is 58.6 Å². The monoisotopic (exact) mass is 382 g/mol. The molecular weight excluding hydrogens is 360 g/mol. The van der Waals surface area contributed by atoms with Gasteiger partial charge in [0.05, 0.1) is 22.9 Å². The van der Waals surface area contributed by atoms with Gasteiger partial charge in [0.1, 0.15) is 5.75 Å². The van der Waals surface area contributed by atoms with Crippen LogP contribution in [0.1, 0.15) is 22.3 Å². The summed E-state index contributed by atoms with van der Waals surface area (Å²) in [4.78, 5) is 25.9. The number of aryl methyl sites for hydroxylation is 1. The minimum Gasteiger partial charge on any atom is -0.497 e. The van der Waals surface area contributed by atoms with Gasteiger partial charge in [-0.1, -0.05) is 11.3 Å². The molecule has 27 heavy (non-hydrogen) atoms. The van der Waals surface area contributed by atoms with Crippen molar-refractivity contribution in [2.24, 2.45) is 0 Å². The van der Waals surface area contributed by atoms with E-state index in [1.165, 1.54) is 0 Å². The van der Waals surface area contributed by atoms with Crippen LogP contribution in [-0.4, -0.2) is 54.1 Å². The van der Waals surface area contributed by atoms with Gasteiger partial charge in [0.2, 0.25) is 0 Å². The van der Waals surface area contributed by atoms with Gasteiger partial charge in [0.25, 0.3) is 5.91 Å². The fourth-order valence-electron chi connectivity index (χ4n) is 3.32. The van der Waals surface area contributed by atoms with Crippen LogP contribution in [0.4, 0.5) is 5.13 Å². The molecule has 0 unspecified atom stereocenters. The number of aromatic nitrogens is 2. The highest BCUT2D eigenvalue weighted by Crippen LogP contribution is 2.31. The second kappa shape index (κ2) is 7.52. The standard InChI is InChI=1S/C20H22N4O2S/c1-14-10-15(13-21-12-14)19(25)23-6-3-7-24(9-8-23)20-22-17-5-4-16(26-2)11-18(17)27-20/h4-5,10-13H,3,6-9H2,1-2H3. The maximum Gasteiger partial charge on any atom is 0.255 e. The van der Waals surface area contributed by atoms with E-state index in [0.717, 1.165) is 52.7 Å². The normalized spacial score (nSPS) is 15.0. The first kappa shape index (κ1) is 17.7. The summed E-state index contributed by atoms with van der Waals surface area (Å²) in [7, 11) is 1.67. The Kier molecular flexibility index (Phi) is 4.94. The van der Waals surface area contributed by atoms with Gasteiger partial charge in [0.15, 0.2) is 5.13 Å². The highest BCUT2D eigenvalue weighted by atomic mass is 32.1. The van der Waals surface area contributed by atoms with Gasteiger partial charge in [-0.2, -0.15) is 0 Å². The van der Waals surface area contributed by atoms with Crippen molar-refractivity contribution in [2.45, 2.75) is 13.3 Å². The lowest BCUT2D eigenvalue weighted by atomic mass is 10.2. The van der Waals surface area contributed by atoms with Crippen molar-refractivity contribution in [1.82, 2.24) is 14.9 Å². The predicted molar refractivity (Wildman–Crippen MR) is 108 cm³/mol. The molecular formula is C20H22N4O2S. The SMILES string of the molecule is COc1ccc2nc(N3CCCN(C(=O)c4cncc(C)c4)CC3)sc2c1. The molecule has 0 bridgehead atoms. The van der Waals surface area contributed by atoms with E-state index in [2.05, 4.69) is 9.88 Å². The maximum atomic E-state index is 12.8. The molecule has 7 heteroatoms. The van der Waals surface area contributed by atoms with Gasteiger partial charge in [-0.05, 0) is 43.2 Å². The van der Waals surface area contributed by atoms with Gasteiger partial charge < -0.3 is 14.5 Å². The lowest BCUT2D eigenvalue weighted by Gasteiger charge is -2.21. The number of carbonyl (C=O) groups excluding carboxylic acids is 1. The number of nitrogens with zero attached hydrogens (tertiary/aromatic N) is 4. The number of rotatable bonds is 3. The third-order valence-electron chi connectivity index (χ3n) is 4.76. The molecule has 1 aromatic carbocycles. The molecule has 6 nitrogen and oxygen atoms in total. The molecule has 1 aliphatic rings. The summed E-state index contributed by atoms with van der Waals surface area (Å²) in [6.45, 7) is 5.07. The third-order valence-corrected chi connectivity index (χ3v) is 5.84. The minimum absolute atomic E-state index is 0.0575. The first-order chi connectivity index (χ1) is 13.1. The summed E-state index contributed by atoms with van der Waals surface area (Å²) in [5.41, 5.74) is 2.65. The molecule has 0 N–H and O–H groups in total. The molecule has 3 aromatic rings. The quantitative estimate of drug-likeness (QED) is 0.695. The Morgan fingerprint density at radius 3 is 2.85 bits per heavy atom. The summed E-state index contributed by atoms with van der Waals surface area (Å²) in [6, 6.07) is 7.85. The van der Waals surface area contributed by atoms with E-state index in [0.29, 0.717) is 12.1 Å².